The third kappa shape index (κ3) is 5.53. The Labute approximate surface area is 188 Å². The SMILES string of the molecule is Cc1cccc(C)c1NC(=O)CN(C)C(=O)c1ccc(NS(=O)(=O)c2ccccc2)cc1. The summed E-state index contributed by atoms with van der Waals surface area (Å²) in [6.07, 6.45) is 0. The molecule has 0 saturated heterocycles. The van der Waals surface area contributed by atoms with Crippen LogP contribution in [0.15, 0.2) is 77.7 Å². The molecule has 3 rings (SSSR count). The topological polar surface area (TPSA) is 95.6 Å². The number of carbonyl (C=O) groups excluding carboxylic acids is 2. The van der Waals surface area contributed by atoms with Crippen LogP contribution in [0.3, 0.4) is 0 Å². The fourth-order valence-corrected chi connectivity index (χ4v) is 4.27. The lowest BCUT2D eigenvalue weighted by molar-refractivity contribution is -0.116. The van der Waals surface area contributed by atoms with Gasteiger partial charge in [0.25, 0.3) is 15.9 Å². The Balaban J connectivity index is 1.63. The summed E-state index contributed by atoms with van der Waals surface area (Å²) in [5, 5.41) is 2.86. The van der Waals surface area contributed by atoms with E-state index in [1.807, 2.05) is 32.0 Å². The van der Waals surface area contributed by atoms with Crippen LogP contribution >= 0.6 is 0 Å². The van der Waals surface area contributed by atoms with E-state index in [0.717, 1.165) is 16.8 Å². The minimum Gasteiger partial charge on any atom is -0.332 e. The Kier molecular flexibility index (Phi) is 6.95. The van der Waals surface area contributed by atoms with E-state index in [1.54, 1.807) is 25.2 Å². The van der Waals surface area contributed by atoms with Gasteiger partial charge in [-0.15, -0.1) is 0 Å². The minimum absolute atomic E-state index is 0.116. The Morgan fingerprint density at radius 1 is 0.844 bits per heavy atom. The lowest BCUT2D eigenvalue weighted by Gasteiger charge is -2.18. The van der Waals surface area contributed by atoms with Crippen LogP contribution in [0.5, 0.6) is 0 Å². The van der Waals surface area contributed by atoms with E-state index in [1.165, 1.54) is 41.3 Å². The minimum atomic E-state index is -3.71. The second-order valence-electron chi connectivity index (χ2n) is 7.47. The predicted molar refractivity (Wildman–Crippen MR) is 125 cm³/mol. The molecular formula is C24H25N3O4S. The van der Waals surface area contributed by atoms with Crippen molar-refractivity contribution in [1.82, 2.24) is 4.90 Å². The van der Waals surface area contributed by atoms with E-state index in [9.17, 15) is 18.0 Å². The molecule has 0 atom stereocenters. The number of aryl methyl sites for hydroxylation is 2. The summed E-state index contributed by atoms with van der Waals surface area (Å²) in [5.74, 6) is -0.649. The molecule has 7 nitrogen and oxygen atoms in total. The molecule has 0 aliphatic carbocycles. The number of anilines is 2. The van der Waals surface area contributed by atoms with Gasteiger partial charge < -0.3 is 10.2 Å². The van der Waals surface area contributed by atoms with E-state index < -0.39 is 10.0 Å². The molecule has 0 radical (unpaired) electrons. The van der Waals surface area contributed by atoms with Gasteiger partial charge in [0, 0.05) is 24.0 Å². The summed E-state index contributed by atoms with van der Waals surface area (Å²) in [5.41, 5.74) is 3.31. The van der Waals surface area contributed by atoms with Crippen LogP contribution < -0.4 is 10.0 Å². The monoisotopic (exact) mass is 451 g/mol. The average molecular weight is 452 g/mol. The molecule has 8 heteroatoms. The van der Waals surface area contributed by atoms with Crippen LogP contribution in [0.2, 0.25) is 0 Å². The highest BCUT2D eigenvalue weighted by atomic mass is 32.2. The van der Waals surface area contributed by atoms with Crippen LogP contribution in [0.4, 0.5) is 11.4 Å². The van der Waals surface area contributed by atoms with Crippen molar-refractivity contribution in [3.8, 4) is 0 Å². The first-order valence-electron chi connectivity index (χ1n) is 9.97. The smallest absolute Gasteiger partial charge is 0.261 e. The highest BCUT2D eigenvalue weighted by Crippen LogP contribution is 2.20. The van der Waals surface area contributed by atoms with Crippen LogP contribution in [0.25, 0.3) is 0 Å². The molecular weight excluding hydrogens is 426 g/mol. The van der Waals surface area contributed by atoms with Gasteiger partial charge in [0.05, 0.1) is 11.4 Å². The molecule has 3 aromatic rings. The zero-order chi connectivity index (χ0) is 23.3. The molecule has 0 unspecified atom stereocenters. The number of nitrogens with one attached hydrogen (secondary N) is 2. The molecule has 0 saturated carbocycles. The van der Waals surface area contributed by atoms with Crippen molar-refractivity contribution in [2.75, 3.05) is 23.6 Å². The maximum Gasteiger partial charge on any atom is 0.261 e. The van der Waals surface area contributed by atoms with E-state index in [2.05, 4.69) is 10.0 Å². The number of rotatable bonds is 7. The zero-order valence-electron chi connectivity index (χ0n) is 18.1. The normalized spacial score (nSPS) is 11.0. The second-order valence-corrected chi connectivity index (χ2v) is 9.15. The zero-order valence-corrected chi connectivity index (χ0v) is 18.9. The molecule has 2 amide bonds. The highest BCUT2D eigenvalue weighted by Gasteiger charge is 2.17. The molecule has 3 aromatic carbocycles. The number of amides is 2. The van der Waals surface area contributed by atoms with E-state index in [0.29, 0.717) is 11.3 Å². The Hall–Kier alpha value is -3.65. The van der Waals surface area contributed by atoms with Crippen molar-refractivity contribution in [2.45, 2.75) is 18.7 Å². The van der Waals surface area contributed by atoms with Crippen LogP contribution in [-0.2, 0) is 14.8 Å². The fourth-order valence-electron chi connectivity index (χ4n) is 3.19. The van der Waals surface area contributed by atoms with E-state index in [4.69, 9.17) is 0 Å². The fraction of sp³-hybridized carbons (Fsp3) is 0.167. The maximum atomic E-state index is 12.7. The number of para-hydroxylation sites is 1. The first-order chi connectivity index (χ1) is 15.2. The van der Waals surface area contributed by atoms with Gasteiger partial charge in [-0.1, -0.05) is 36.4 Å². The third-order valence-corrected chi connectivity index (χ3v) is 6.31. The lowest BCUT2D eigenvalue weighted by atomic mass is 10.1. The standard InChI is InChI=1S/C24H25N3O4S/c1-17-8-7-9-18(2)23(17)25-22(28)16-27(3)24(29)19-12-14-20(15-13-19)26-32(30,31)21-10-5-4-6-11-21/h4-15,26H,16H2,1-3H3,(H,25,28). The number of likely N-dealkylation sites (N-methyl/N-ethyl adjacent to an activating group) is 1. The number of sulfonamides is 1. The van der Waals surface area contributed by atoms with Crippen molar-refractivity contribution < 1.29 is 18.0 Å². The number of hydrogen-bond acceptors (Lipinski definition) is 4. The van der Waals surface area contributed by atoms with Crippen molar-refractivity contribution in [3.63, 3.8) is 0 Å². The van der Waals surface area contributed by atoms with Crippen LogP contribution in [0.1, 0.15) is 21.5 Å². The second kappa shape index (κ2) is 9.65. The largest absolute Gasteiger partial charge is 0.332 e. The molecule has 32 heavy (non-hydrogen) atoms. The highest BCUT2D eigenvalue weighted by molar-refractivity contribution is 7.92. The van der Waals surface area contributed by atoms with Gasteiger partial charge in [0.2, 0.25) is 5.91 Å². The molecule has 0 spiro atoms. The van der Waals surface area contributed by atoms with Gasteiger partial charge in [-0.05, 0) is 61.4 Å². The molecule has 2 N–H and O–H groups in total. The number of hydrogen-bond donors (Lipinski definition) is 2. The van der Waals surface area contributed by atoms with Crippen LogP contribution in [0, 0.1) is 13.8 Å². The summed E-state index contributed by atoms with van der Waals surface area (Å²) in [6.45, 7) is 3.70. The summed E-state index contributed by atoms with van der Waals surface area (Å²) >= 11 is 0. The Morgan fingerprint density at radius 2 is 1.44 bits per heavy atom. The number of nitrogens with zero attached hydrogens (tertiary/aromatic N) is 1. The first kappa shape index (κ1) is 23.0. The van der Waals surface area contributed by atoms with Gasteiger partial charge in [-0.25, -0.2) is 8.42 Å². The quantitative estimate of drug-likeness (QED) is 0.571. The lowest BCUT2D eigenvalue weighted by Crippen LogP contribution is -2.35. The molecule has 0 fully saturated rings. The Morgan fingerprint density at radius 3 is 2.03 bits per heavy atom. The summed E-state index contributed by atoms with van der Waals surface area (Å²) in [6, 6.07) is 19.8. The third-order valence-electron chi connectivity index (χ3n) is 4.91. The van der Waals surface area contributed by atoms with Gasteiger partial charge in [-0.2, -0.15) is 0 Å². The molecule has 0 heterocycles. The average Bonchev–Trinajstić information content (AvgIpc) is 2.77. The van der Waals surface area contributed by atoms with Gasteiger partial charge in [-0.3, -0.25) is 14.3 Å². The molecule has 0 aliphatic rings. The number of carbonyl (C=O) groups is 2. The van der Waals surface area contributed by atoms with Crippen LogP contribution in [-0.4, -0.2) is 38.7 Å². The predicted octanol–water partition coefficient (Wildman–Crippen LogP) is 3.81. The molecule has 0 aromatic heterocycles. The molecule has 0 aliphatic heterocycles. The number of benzene rings is 3. The first-order valence-corrected chi connectivity index (χ1v) is 11.4. The summed E-state index contributed by atoms with van der Waals surface area (Å²) in [7, 11) is -2.17. The summed E-state index contributed by atoms with van der Waals surface area (Å²) < 4.78 is 27.3. The van der Waals surface area contributed by atoms with Gasteiger partial charge in [0.1, 0.15) is 0 Å². The maximum absolute atomic E-state index is 12.7. The summed E-state index contributed by atoms with van der Waals surface area (Å²) in [4.78, 5) is 26.6. The van der Waals surface area contributed by atoms with Gasteiger partial charge in [0.15, 0.2) is 0 Å². The van der Waals surface area contributed by atoms with Crippen molar-refractivity contribution in [3.05, 3.63) is 89.5 Å². The van der Waals surface area contributed by atoms with Crippen molar-refractivity contribution in [1.29, 1.82) is 0 Å². The van der Waals surface area contributed by atoms with Crippen molar-refractivity contribution in [2.24, 2.45) is 0 Å². The van der Waals surface area contributed by atoms with E-state index >= 15 is 0 Å². The van der Waals surface area contributed by atoms with E-state index in [-0.39, 0.29) is 23.3 Å². The van der Waals surface area contributed by atoms with Crippen molar-refractivity contribution >= 4 is 33.2 Å². The Bertz CT molecular complexity index is 1200. The molecule has 0 bridgehead atoms. The van der Waals surface area contributed by atoms with Gasteiger partial charge >= 0.3 is 0 Å². The molecule has 166 valence electrons.